The smallest absolute Gasteiger partial charge is 0.225 e. The molecule has 2 aromatic rings. The number of hydrogen-bond acceptors (Lipinski definition) is 5. The largest absolute Gasteiger partial charge is 0.493 e. The van der Waals surface area contributed by atoms with Gasteiger partial charge in [-0.3, -0.25) is 4.79 Å². The van der Waals surface area contributed by atoms with Gasteiger partial charge in [0.05, 0.1) is 19.6 Å². The Kier molecular flexibility index (Phi) is 7.14. The van der Waals surface area contributed by atoms with E-state index in [4.69, 9.17) is 4.74 Å². The quantitative estimate of drug-likeness (QED) is 0.806. The lowest BCUT2D eigenvalue weighted by Crippen LogP contribution is -2.39. The van der Waals surface area contributed by atoms with Gasteiger partial charge in [-0.05, 0) is 38.3 Å². The van der Waals surface area contributed by atoms with Crippen molar-refractivity contribution in [3.8, 4) is 5.75 Å². The Morgan fingerprint density at radius 1 is 1.21 bits per heavy atom. The molecule has 7 nitrogen and oxygen atoms in total. The Balaban J connectivity index is 0.00000240. The molecule has 8 heteroatoms. The van der Waals surface area contributed by atoms with Crippen LogP contribution in [0.1, 0.15) is 48.0 Å². The second-order valence-corrected chi connectivity index (χ2v) is 7.83. The number of aromatic nitrogens is 3. The number of benzene rings is 1. The van der Waals surface area contributed by atoms with Crippen molar-refractivity contribution < 1.29 is 9.53 Å². The average Bonchev–Trinajstić information content (AvgIpc) is 3.14. The maximum absolute atomic E-state index is 12.6. The lowest BCUT2D eigenvalue weighted by Gasteiger charge is -2.32. The second kappa shape index (κ2) is 9.59. The molecule has 158 valence electrons. The highest BCUT2D eigenvalue weighted by atomic mass is 35.5. The summed E-state index contributed by atoms with van der Waals surface area (Å²) < 4.78 is 8.08. The van der Waals surface area contributed by atoms with E-state index in [1.54, 1.807) is 0 Å². The summed E-state index contributed by atoms with van der Waals surface area (Å²) in [6.07, 6.45) is 2.33. The number of piperidine rings is 1. The topological polar surface area (TPSA) is 72.3 Å². The predicted octanol–water partition coefficient (Wildman–Crippen LogP) is 2.60. The van der Waals surface area contributed by atoms with E-state index in [0.29, 0.717) is 18.9 Å². The predicted molar refractivity (Wildman–Crippen MR) is 114 cm³/mol. The highest BCUT2D eigenvalue weighted by Gasteiger charge is 2.28. The standard InChI is InChI=1S/C21H29N5O2.ClH/c1-15-3-4-18(16(2)13-15)28-12-7-20(27)25-9-5-17(6-10-25)21-24-23-19-14-22-8-11-26(19)21;/h3-4,13,17,22H,5-12,14H2,1-2H3;1H. The summed E-state index contributed by atoms with van der Waals surface area (Å²) in [6, 6.07) is 6.12. The molecule has 4 rings (SSSR count). The summed E-state index contributed by atoms with van der Waals surface area (Å²) in [6.45, 7) is 8.80. The first-order chi connectivity index (χ1) is 13.6. The first-order valence-electron chi connectivity index (χ1n) is 10.2. The third-order valence-electron chi connectivity index (χ3n) is 5.77. The number of aryl methyl sites for hydroxylation is 2. The molecule has 2 aliphatic heterocycles. The van der Waals surface area contributed by atoms with Crippen LogP contribution < -0.4 is 10.1 Å². The van der Waals surface area contributed by atoms with E-state index in [-0.39, 0.29) is 18.3 Å². The van der Waals surface area contributed by atoms with Crippen LogP contribution in [-0.4, -0.2) is 51.8 Å². The van der Waals surface area contributed by atoms with Crippen molar-refractivity contribution in [1.82, 2.24) is 25.0 Å². The zero-order chi connectivity index (χ0) is 19.5. The van der Waals surface area contributed by atoms with Crippen molar-refractivity contribution in [3.63, 3.8) is 0 Å². The molecule has 1 aromatic heterocycles. The number of carbonyl (C=O) groups is 1. The molecule has 0 atom stereocenters. The van der Waals surface area contributed by atoms with Gasteiger partial charge in [0.1, 0.15) is 17.4 Å². The van der Waals surface area contributed by atoms with Crippen molar-refractivity contribution in [2.45, 2.75) is 52.1 Å². The van der Waals surface area contributed by atoms with Gasteiger partial charge >= 0.3 is 0 Å². The summed E-state index contributed by atoms with van der Waals surface area (Å²) in [5, 5.41) is 12.1. The van der Waals surface area contributed by atoms with Gasteiger partial charge in [0.25, 0.3) is 0 Å². The van der Waals surface area contributed by atoms with E-state index in [1.165, 1.54) is 5.56 Å². The van der Waals surface area contributed by atoms with Crippen LogP contribution in [0.3, 0.4) is 0 Å². The molecule has 1 aromatic carbocycles. The molecule has 1 amide bonds. The molecule has 29 heavy (non-hydrogen) atoms. The van der Waals surface area contributed by atoms with Crippen LogP contribution in [0.15, 0.2) is 18.2 Å². The van der Waals surface area contributed by atoms with Crippen molar-refractivity contribution >= 4 is 18.3 Å². The fourth-order valence-electron chi connectivity index (χ4n) is 4.17. The molecule has 0 aliphatic carbocycles. The molecule has 1 fully saturated rings. The number of nitrogens with zero attached hydrogens (tertiary/aromatic N) is 4. The van der Waals surface area contributed by atoms with Crippen molar-refractivity contribution in [2.24, 2.45) is 0 Å². The molecular formula is C21H30ClN5O2. The van der Waals surface area contributed by atoms with Crippen molar-refractivity contribution in [2.75, 3.05) is 26.2 Å². The molecule has 1 saturated heterocycles. The highest BCUT2D eigenvalue weighted by Crippen LogP contribution is 2.28. The van der Waals surface area contributed by atoms with Crippen LogP contribution in [0.2, 0.25) is 0 Å². The Morgan fingerprint density at radius 3 is 2.76 bits per heavy atom. The third-order valence-corrected chi connectivity index (χ3v) is 5.77. The minimum Gasteiger partial charge on any atom is -0.493 e. The highest BCUT2D eigenvalue weighted by molar-refractivity contribution is 5.85. The summed E-state index contributed by atoms with van der Waals surface area (Å²) in [7, 11) is 0. The molecule has 0 unspecified atom stereocenters. The van der Waals surface area contributed by atoms with Crippen molar-refractivity contribution in [1.29, 1.82) is 0 Å². The SMILES string of the molecule is Cc1ccc(OCCC(=O)N2CCC(c3nnc4n3CCNC4)CC2)c(C)c1.Cl. The number of halogens is 1. The average molecular weight is 420 g/mol. The molecule has 2 aliphatic rings. The Morgan fingerprint density at radius 2 is 2.00 bits per heavy atom. The van der Waals surface area contributed by atoms with Crippen LogP contribution in [0, 0.1) is 13.8 Å². The van der Waals surface area contributed by atoms with Crippen LogP contribution >= 0.6 is 12.4 Å². The number of nitrogens with one attached hydrogen (secondary N) is 1. The monoisotopic (exact) mass is 419 g/mol. The van der Waals surface area contributed by atoms with Gasteiger partial charge in [0, 0.05) is 32.1 Å². The molecule has 1 N–H and O–H groups in total. The zero-order valence-corrected chi connectivity index (χ0v) is 18.0. The molecule has 0 radical (unpaired) electrons. The minimum atomic E-state index is 0. The van der Waals surface area contributed by atoms with E-state index >= 15 is 0 Å². The van der Waals surface area contributed by atoms with E-state index in [2.05, 4.69) is 33.1 Å². The maximum atomic E-state index is 12.6. The Bertz CT molecular complexity index is 846. The number of fused-ring (bicyclic) bond motifs is 1. The number of rotatable bonds is 5. The fourth-order valence-corrected chi connectivity index (χ4v) is 4.17. The summed E-state index contributed by atoms with van der Waals surface area (Å²) in [5.74, 6) is 3.57. The summed E-state index contributed by atoms with van der Waals surface area (Å²) in [4.78, 5) is 14.5. The summed E-state index contributed by atoms with van der Waals surface area (Å²) in [5.41, 5.74) is 2.33. The number of amides is 1. The lowest BCUT2D eigenvalue weighted by molar-refractivity contribution is -0.132. The van der Waals surface area contributed by atoms with E-state index in [1.807, 2.05) is 24.0 Å². The number of carbonyl (C=O) groups excluding carboxylic acids is 1. The third kappa shape index (κ3) is 4.90. The Labute approximate surface area is 178 Å². The number of hydrogen-bond donors (Lipinski definition) is 1. The molecule has 0 bridgehead atoms. The van der Waals surface area contributed by atoms with Crippen LogP contribution in [0.25, 0.3) is 0 Å². The van der Waals surface area contributed by atoms with Gasteiger partial charge < -0.3 is 19.5 Å². The number of ether oxygens (including phenoxy) is 1. The zero-order valence-electron chi connectivity index (χ0n) is 17.2. The summed E-state index contributed by atoms with van der Waals surface area (Å²) >= 11 is 0. The van der Waals surface area contributed by atoms with E-state index < -0.39 is 0 Å². The van der Waals surface area contributed by atoms with Gasteiger partial charge in [-0.15, -0.1) is 22.6 Å². The first kappa shape index (κ1) is 21.6. The van der Waals surface area contributed by atoms with Crippen molar-refractivity contribution in [3.05, 3.63) is 41.0 Å². The molecule has 3 heterocycles. The van der Waals surface area contributed by atoms with Gasteiger partial charge in [-0.1, -0.05) is 17.7 Å². The fraction of sp³-hybridized carbons (Fsp3) is 0.571. The lowest BCUT2D eigenvalue weighted by atomic mass is 9.95. The number of likely N-dealkylation sites (tertiary alicyclic amines) is 1. The normalized spacial score (nSPS) is 16.8. The van der Waals surface area contributed by atoms with Crippen LogP contribution in [0.5, 0.6) is 5.75 Å². The van der Waals surface area contributed by atoms with Gasteiger partial charge in [-0.25, -0.2) is 0 Å². The van der Waals surface area contributed by atoms with Crippen LogP contribution in [0.4, 0.5) is 0 Å². The van der Waals surface area contributed by atoms with Gasteiger partial charge in [-0.2, -0.15) is 0 Å². The van der Waals surface area contributed by atoms with Gasteiger partial charge in [0.2, 0.25) is 5.91 Å². The maximum Gasteiger partial charge on any atom is 0.225 e. The van der Waals surface area contributed by atoms with Crippen LogP contribution in [-0.2, 0) is 17.9 Å². The molecular weight excluding hydrogens is 390 g/mol. The first-order valence-corrected chi connectivity index (χ1v) is 10.2. The molecule has 0 spiro atoms. The molecule has 0 saturated carbocycles. The van der Waals surface area contributed by atoms with E-state index in [0.717, 1.165) is 68.5 Å². The van der Waals surface area contributed by atoms with E-state index in [9.17, 15) is 4.79 Å². The van der Waals surface area contributed by atoms with Gasteiger partial charge in [0.15, 0.2) is 0 Å². The minimum absolute atomic E-state index is 0. The second-order valence-electron chi connectivity index (χ2n) is 7.83. The Hall–Kier alpha value is -2.12.